The molecule has 0 aliphatic heterocycles. The summed E-state index contributed by atoms with van der Waals surface area (Å²) >= 11 is 0. The number of benzene rings is 1. The second-order valence-electron chi connectivity index (χ2n) is 5.23. The maximum absolute atomic E-state index is 13.2. The van der Waals surface area contributed by atoms with Crippen LogP contribution in [0.2, 0.25) is 0 Å². The van der Waals surface area contributed by atoms with E-state index in [1.165, 1.54) is 18.2 Å². The summed E-state index contributed by atoms with van der Waals surface area (Å²) in [6.07, 6.45) is 0.525. The third-order valence-electron chi connectivity index (χ3n) is 3.50. The van der Waals surface area contributed by atoms with Crippen molar-refractivity contribution in [2.24, 2.45) is 0 Å². The molecule has 2 rings (SSSR count). The first-order valence-corrected chi connectivity index (χ1v) is 6.53. The molecule has 5 heteroatoms. The van der Waals surface area contributed by atoms with Gasteiger partial charge in [-0.05, 0) is 38.5 Å². The maximum atomic E-state index is 13.2. The number of rotatable bonds is 4. The lowest BCUT2D eigenvalue weighted by Crippen LogP contribution is -2.40. The molecule has 2 N–H and O–H groups in total. The molecule has 1 unspecified atom stereocenters. The first kappa shape index (κ1) is 14.5. The lowest BCUT2D eigenvalue weighted by atomic mass is 10.0. The third-order valence-corrected chi connectivity index (χ3v) is 3.50. The summed E-state index contributed by atoms with van der Waals surface area (Å²) in [7, 11) is 0. The molecule has 1 heterocycles. The molecule has 1 aromatic carbocycles. The Kier molecular flexibility index (Phi) is 3.81. The van der Waals surface area contributed by atoms with Gasteiger partial charge in [0.15, 0.2) is 5.76 Å². The molecule has 1 aromatic heterocycles. The third kappa shape index (κ3) is 2.82. The fourth-order valence-electron chi connectivity index (χ4n) is 1.89. The van der Waals surface area contributed by atoms with Crippen LogP contribution in [0.1, 0.15) is 36.4 Å². The van der Waals surface area contributed by atoms with Crippen LogP contribution in [0.5, 0.6) is 0 Å². The van der Waals surface area contributed by atoms with Crippen molar-refractivity contribution in [3.8, 4) is 0 Å². The number of halogens is 1. The van der Waals surface area contributed by atoms with Crippen LogP contribution in [-0.2, 0) is 0 Å². The summed E-state index contributed by atoms with van der Waals surface area (Å²) < 4.78 is 18.7. The van der Waals surface area contributed by atoms with Crippen LogP contribution in [-0.4, -0.2) is 23.2 Å². The van der Waals surface area contributed by atoms with Crippen LogP contribution in [0, 0.1) is 12.7 Å². The molecule has 0 aliphatic rings. The Bertz CT molecular complexity index is 646. The fourth-order valence-corrected chi connectivity index (χ4v) is 1.89. The smallest absolute Gasteiger partial charge is 0.287 e. The molecule has 108 valence electrons. The summed E-state index contributed by atoms with van der Waals surface area (Å²) in [5.41, 5.74) is 0.103. The summed E-state index contributed by atoms with van der Waals surface area (Å²) in [5, 5.41) is 13.1. The highest BCUT2D eigenvalue weighted by molar-refractivity contribution is 5.98. The highest BCUT2D eigenvalue weighted by atomic mass is 19.1. The van der Waals surface area contributed by atoms with E-state index in [1.807, 2.05) is 6.92 Å². The number of aliphatic hydroxyl groups is 1. The Hall–Kier alpha value is -1.88. The van der Waals surface area contributed by atoms with E-state index in [2.05, 4.69) is 5.32 Å². The van der Waals surface area contributed by atoms with Gasteiger partial charge < -0.3 is 14.8 Å². The van der Waals surface area contributed by atoms with Gasteiger partial charge in [0, 0.05) is 17.5 Å². The number of amides is 1. The fraction of sp³-hybridized carbons (Fsp3) is 0.400. The molecule has 0 bridgehead atoms. The number of fused-ring (bicyclic) bond motifs is 1. The van der Waals surface area contributed by atoms with E-state index in [-0.39, 0.29) is 18.1 Å². The Morgan fingerprint density at radius 1 is 1.50 bits per heavy atom. The van der Waals surface area contributed by atoms with E-state index < -0.39 is 11.5 Å². The predicted molar refractivity (Wildman–Crippen MR) is 74.2 cm³/mol. The van der Waals surface area contributed by atoms with Gasteiger partial charge in [-0.15, -0.1) is 0 Å². The number of nitrogens with one attached hydrogen (secondary N) is 1. The zero-order valence-corrected chi connectivity index (χ0v) is 11.8. The molecule has 0 radical (unpaired) electrons. The van der Waals surface area contributed by atoms with Gasteiger partial charge in [-0.1, -0.05) is 6.92 Å². The number of carbonyl (C=O) groups is 1. The van der Waals surface area contributed by atoms with E-state index in [0.29, 0.717) is 23.0 Å². The van der Waals surface area contributed by atoms with E-state index in [0.717, 1.165) is 0 Å². The summed E-state index contributed by atoms with van der Waals surface area (Å²) in [6, 6.07) is 4.12. The first-order chi connectivity index (χ1) is 9.34. The molecular weight excluding hydrogens is 261 g/mol. The van der Waals surface area contributed by atoms with Crippen molar-refractivity contribution in [1.29, 1.82) is 0 Å². The SMILES string of the molecule is CCC(C)(O)CNC(=O)c1oc2ccc(F)cc2c1C. The number of aryl methyl sites for hydroxylation is 1. The molecule has 1 amide bonds. The van der Waals surface area contributed by atoms with Crippen LogP contribution in [0.3, 0.4) is 0 Å². The molecule has 0 fully saturated rings. The van der Waals surface area contributed by atoms with Gasteiger partial charge in [-0.3, -0.25) is 4.79 Å². The van der Waals surface area contributed by atoms with E-state index in [9.17, 15) is 14.3 Å². The number of hydrogen-bond donors (Lipinski definition) is 2. The minimum absolute atomic E-state index is 0.132. The molecule has 0 saturated carbocycles. The van der Waals surface area contributed by atoms with Gasteiger partial charge in [0.05, 0.1) is 5.60 Å². The van der Waals surface area contributed by atoms with Crippen LogP contribution >= 0.6 is 0 Å². The highest BCUT2D eigenvalue weighted by Crippen LogP contribution is 2.26. The molecule has 0 saturated heterocycles. The number of furan rings is 1. The van der Waals surface area contributed by atoms with Gasteiger partial charge in [0.1, 0.15) is 11.4 Å². The Morgan fingerprint density at radius 2 is 2.20 bits per heavy atom. The van der Waals surface area contributed by atoms with Crippen molar-refractivity contribution in [2.75, 3.05) is 6.54 Å². The van der Waals surface area contributed by atoms with Gasteiger partial charge in [0.25, 0.3) is 5.91 Å². The van der Waals surface area contributed by atoms with Crippen molar-refractivity contribution in [3.63, 3.8) is 0 Å². The summed E-state index contributed by atoms with van der Waals surface area (Å²) in [6.45, 7) is 5.32. The quantitative estimate of drug-likeness (QED) is 0.904. The predicted octanol–water partition coefficient (Wildman–Crippen LogP) is 2.77. The second kappa shape index (κ2) is 5.25. The van der Waals surface area contributed by atoms with Crippen molar-refractivity contribution < 1.29 is 18.7 Å². The average molecular weight is 279 g/mol. The van der Waals surface area contributed by atoms with E-state index in [4.69, 9.17) is 4.42 Å². The normalized spacial score (nSPS) is 14.2. The van der Waals surface area contributed by atoms with Gasteiger partial charge in [-0.2, -0.15) is 0 Å². The lowest BCUT2D eigenvalue weighted by Gasteiger charge is -2.21. The van der Waals surface area contributed by atoms with E-state index in [1.54, 1.807) is 13.8 Å². The topological polar surface area (TPSA) is 62.5 Å². The molecular formula is C15H18FNO3. The zero-order valence-electron chi connectivity index (χ0n) is 11.8. The molecule has 2 aromatic rings. The highest BCUT2D eigenvalue weighted by Gasteiger charge is 2.22. The largest absolute Gasteiger partial charge is 0.451 e. The number of carbonyl (C=O) groups excluding carboxylic acids is 1. The van der Waals surface area contributed by atoms with Crippen molar-refractivity contribution >= 4 is 16.9 Å². The van der Waals surface area contributed by atoms with Gasteiger partial charge in [-0.25, -0.2) is 4.39 Å². The minimum Gasteiger partial charge on any atom is -0.451 e. The van der Waals surface area contributed by atoms with Gasteiger partial charge >= 0.3 is 0 Å². The van der Waals surface area contributed by atoms with Crippen LogP contribution < -0.4 is 5.32 Å². The lowest BCUT2D eigenvalue weighted by molar-refractivity contribution is 0.0511. The summed E-state index contributed by atoms with van der Waals surface area (Å²) in [4.78, 5) is 12.1. The molecule has 20 heavy (non-hydrogen) atoms. The maximum Gasteiger partial charge on any atom is 0.287 e. The van der Waals surface area contributed by atoms with Crippen molar-refractivity contribution in [2.45, 2.75) is 32.8 Å². The average Bonchev–Trinajstić information content (AvgIpc) is 2.74. The standard InChI is InChI=1S/C15H18FNO3/c1-4-15(3,19)8-17-14(18)13-9(2)11-7-10(16)5-6-12(11)20-13/h5-7,19H,4,8H2,1-3H3,(H,17,18). The molecule has 0 aliphatic carbocycles. The van der Waals surface area contributed by atoms with Gasteiger partial charge in [0.2, 0.25) is 0 Å². The van der Waals surface area contributed by atoms with Crippen molar-refractivity contribution in [1.82, 2.24) is 5.32 Å². The van der Waals surface area contributed by atoms with E-state index >= 15 is 0 Å². The minimum atomic E-state index is -0.957. The molecule has 0 spiro atoms. The molecule has 1 atom stereocenters. The second-order valence-corrected chi connectivity index (χ2v) is 5.23. The summed E-state index contributed by atoms with van der Waals surface area (Å²) in [5.74, 6) is -0.632. The van der Waals surface area contributed by atoms with Crippen LogP contribution in [0.4, 0.5) is 4.39 Å². The monoisotopic (exact) mass is 279 g/mol. The Morgan fingerprint density at radius 3 is 2.85 bits per heavy atom. The first-order valence-electron chi connectivity index (χ1n) is 6.53. The van der Waals surface area contributed by atoms with Crippen molar-refractivity contribution in [3.05, 3.63) is 35.3 Å². The van der Waals surface area contributed by atoms with Crippen LogP contribution in [0.25, 0.3) is 11.0 Å². The Labute approximate surface area is 116 Å². The molecule has 4 nitrogen and oxygen atoms in total. The Balaban J connectivity index is 2.25. The number of hydrogen-bond acceptors (Lipinski definition) is 3. The van der Waals surface area contributed by atoms with Crippen LogP contribution in [0.15, 0.2) is 22.6 Å². The zero-order chi connectivity index (χ0) is 14.9.